The number of hydrogen-bond donors (Lipinski definition) is 1. The minimum Gasteiger partial charge on any atom is -0.357 e. The molecule has 0 amide bonds. The summed E-state index contributed by atoms with van der Waals surface area (Å²) in [7, 11) is 1.80. The zero-order chi connectivity index (χ0) is 12.0. The van der Waals surface area contributed by atoms with Crippen molar-refractivity contribution in [2.75, 3.05) is 30.4 Å². The molecule has 0 atom stereocenters. The predicted octanol–water partition coefficient (Wildman–Crippen LogP) is 2.80. The van der Waals surface area contributed by atoms with Crippen molar-refractivity contribution in [1.29, 1.82) is 0 Å². The number of aromatic nitrogens is 2. The quantitative estimate of drug-likeness (QED) is 0.833. The average Bonchev–Trinajstić information content (AvgIpc) is 2.29. The van der Waals surface area contributed by atoms with E-state index in [0.717, 1.165) is 31.7 Å². The van der Waals surface area contributed by atoms with E-state index in [4.69, 9.17) is 11.6 Å². The first-order valence-electron chi connectivity index (χ1n) is 5.68. The van der Waals surface area contributed by atoms with Crippen molar-refractivity contribution in [1.82, 2.24) is 9.97 Å². The van der Waals surface area contributed by atoms with Crippen molar-refractivity contribution in [3.05, 3.63) is 11.2 Å². The Morgan fingerprint density at radius 2 is 1.94 bits per heavy atom. The van der Waals surface area contributed by atoms with Crippen LogP contribution < -0.4 is 10.2 Å². The van der Waals surface area contributed by atoms with Crippen LogP contribution in [0.4, 0.5) is 11.8 Å². The zero-order valence-electron chi connectivity index (χ0n) is 10.1. The summed E-state index contributed by atoms with van der Waals surface area (Å²) in [5.74, 6) is 1.43. The van der Waals surface area contributed by atoms with Gasteiger partial charge in [0.2, 0.25) is 5.95 Å². The standard InChI is InChI=1S/C11H19ClN4/c1-4-6-16(7-5-2)10-9(12)8-14-11(13-3)15-10/h8H,4-7H2,1-3H3,(H,13,14,15). The van der Waals surface area contributed by atoms with E-state index < -0.39 is 0 Å². The van der Waals surface area contributed by atoms with Gasteiger partial charge >= 0.3 is 0 Å². The van der Waals surface area contributed by atoms with E-state index in [-0.39, 0.29) is 0 Å². The molecule has 4 nitrogen and oxygen atoms in total. The molecular formula is C11H19ClN4. The summed E-state index contributed by atoms with van der Waals surface area (Å²) in [6.45, 7) is 6.23. The predicted molar refractivity (Wildman–Crippen MR) is 69.4 cm³/mol. The Kier molecular flexibility index (Phi) is 5.32. The van der Waals surface area contributed by atoms with E-state index in [1.807, 2.05) is 0 Å². The molecule has 0 aliphatic heterocycles. The number of halogens is 1. The highest BCUT2D eigenvalue weighted by Gasteiger charge is 2.11. The van der Waals surface area contributed by atoms with Crippen LogP contribution in [0.15, 0.2) is 6.20 Å². The lowest BCUT2D eigenvalue weighted by molar-refractivity contribution is 0.733. The summed E-state index contributed by atoms with van der Waals surface area (Å²) in [6, 6.07) is 0. The van der Waals surface area contributed by atoms with Gasteiger partial charge in [0.05, 0.1) is 6.20 Å². The Hall–Kier alpha value is -1.03. The molecule has 0 unspecified atom stereocenters. The molecule has 0 saturated heterocycles. The van der Waals surface area contributed by atoms with Crippen molar-refractivity contribution in [3.63, 3.8) is 0 Å². The first-order valence-corrected chi connectivity index (χ1v) is 6.05. The van der Waals surface area contributed by atoms with Crippen LogP contribution in [-0.2, 0) is 0 Å². The third-order valence-electron chi connectivity index (χ3n) is 2.24. The lowest BCUT2D eigenvalue weighted by atomic mass is 10.3. The van der Waals surface area contributed by atoms with Gasteiger partial charge in [0.1, 0.15) is 5.02 Å². The minimum atomic E-state index is 0.608. The largest absolute Gasteiger partial charge is 0.357 e. The maximum absolute atomic E-state index is 6.12. The molecule has 0 bridgehead atoms. The molecule has 0 fully saturated rings. The van der Waals surface area contributed by atoms with Crippen LogP contribution in [0.5, 0.6) is 0 Å². The molecule has 1 aromatic heterocycles. The smallest absolute Gasteiger partial charge is 0.224 e. The highest BCUT2D eigenvalue weighted by Crippen LogP contribution is 2.23. The highest BCUT2D eigenvalue weighted by atomic mass is 35.5. The van der Waals surface area contributed by atoms with E-state index in [2.05, 4.69) is 34.0 Å². The summed E-state index contributed by atoms with van der Waals surface area (Å²) in [6.07, 6.45) is 3.80. The van der Waals surface area contributed by atoms with E-state index in [0.29, 0.717) is 11.0 Å². The lowest BCUT2D eigenvalue weighted by Crippen LogP contribution is -2.26. The van der Waals surface area contributed by atoms with Gasteiger partial charge < -0.3 is 10.2 Å². The van der Waals surface area contributed by atoms with Gasteiger partial charge in [-0.25, -0.2) is 4.98 Å². The van der Waals surface area contributed by atoms with Gasteiger partial charge in [-0.1, -0.05) is 25.4 Å². The maximum atomic E-state index is 6.12. The van der Waals surface area contributed by atoms with Crippen LogP contribution in [0.3, 0.4) is 0 Å². The fraction of sp³-hybridized carbons (Fsp3) is 0.636. The van der Waals surface area contributed by atoms with Gasteiger partial charge in [-0.15, -0.1) is 0 Å². The van der Waals surface area contributed by atoms with Gasteiger partial charge in [0, 0.05) is 20.1 Å². The second-order valence-electron chi connectivity index (χ2n) is 3.60. The zero-order valence-corrected chi connectivity index (χ0v) is 10.9. The summed E-state index contributed by atoms with van der Waals surface area (Å²) < 4.78 is 0. The molecule has 0 saturated carbocycles. The first kappa shape index (κ1) is 13.0. The second-order valence-corrected chi connectivity index (χ2v) is 4.01. The van der Waals surface area contributed by atoms with Gasteiger partial charge in [-0.3, -0.25) is 0 Å². The average molecular weight is 243 g/mol. The summed E-state index contributed by atoms with van der Waals surface area (Å²) in [5, 5.41) is 3.54. The molecule has 1 N–H and O–H groups in total. The number of hydrogen-bond acceptors (Lipinski definition) is 4. The van der Waals surface area contributed by atoms with E-state index in [9.17, 15) is 0 Å². The Labute approximate surface area is 102 Å². The molecule has 5 heteroatoms. The van der Waals surface area contributed by atoms with Gasteiger partial charge in [-0.05, 0) is 12.8 Å². The fourth-order valence-corrected chi connectivity index (χ4v) is 1.77. The van der Waals surface area contributed by atoms with Gasteiger partial charge in [0.25, 0.3) is 0 Å². The Morgan fingerprint density at radius 3 is 2.44 bits per heavy atom. The third-order valence-corrected chi connectivity index (χ3v) is 2.50. The van der Waals surface area contributed by atoms with Crippen molar-refractivity contribution < 1.29 is 0 Å². The van der Waals surface area contributed by atoms with E-state index >= 15 is 0 Å². The molecule has 0 aromatic carbocycles. The van der Waals surface area contributed by atoms with Crippen molar-refractivity contribution >= 4 is 23.4 Å². The topological polar surface area (TPSA) is 41.1 Å². The Balaban J connectivity index is 2.96. The van der Waals surface area contributed by atoms with Crippen LogP contribution in [0, 0.1) is 0 Å². The molecule has 1 rings (SSSR count). The van der Waals surface area contributed by atoms with Crippen LogP contribution >= 0.6 is 11.6 Å². The number of rotatable bonds is 6. The summed E-state index contributed by atoms with van der Waals surface area (Å²) in [4.78, 5) is 10.7. The summed E-state index contributed by atoms with van der Waals surface area (Å²) in [5.41, 5.74) is 0. The third kappa shape index (κ3) is 3.23. The molecule has 90 valence electrons. The van der Waals surface area contributed by atoms with Crippen molar-refractivity contribution in [2.45, 2.75) is 26.7 Å². The minimum absolute atomic E-state index is 0.608. The van der Waals surface area contributed by atoms with Gasteiger partial charge in [-0.2, -0.15) is 4.98 Å². The number of nitrogens with zero attached hydrogens (tertiary/aromatic N) is 3. The molecule has 16 heavy (non-hydrogen) atoms. The SMILES string of the molecule is CCCN(CCC)c1nc(NC)ncc1Cl. The maximum Gasteiger partial charge on any atom is 0.224 e. The van der Waals surface area contributed by atoms with Crippen LogP contribution in [0.1, 0.15) is 26.7 Å². The molecule has 0 aliphatic carbocycles. The van der Waals surface area contributed by atoms with Gasteiger partial charge in [0.15, 0.2) is 5.82 Å². The van der Waals surface area contributed by atoms with Crippen molar-refractivity contribution in [2.24, 2.45) is 0 Å². The monoisotopic (exact) mass is 242 g/mol. The van der Waals surface area contributed by atoms with Crippen LogP contribution in [0.2, 0.25) is 5.02 Å². The molecular weight excluding hydrogens is 224 g/mol. The lowest BCUT2D eigenvalue weighted by Gasteiger charge is -2.23. The second kappa shape index (κ2) is 6.53. The molecule has 0 spiro atoms. The van der Waals surface area contributed by atoms with E-state index in [1.165, 1.54) is 0 Å². The fourth-order valence-electron chi connectivity index (χ4n) is 1.56. The molecule has 1 heterocycles. The highest BCUT2D eigenvalue weighted by molar-refractivity contribution is 6.32. The summed E-state index contributed by atoms with van der Waals surface area (Å²) >= 11 is 6.12. The van der Waals surface area contributed by atoms with E-state index in [1.54, 1.807) is 13.2 Å². The molecule has 1 aromatic rings. The molecule has 0 radical (unpaired) electrons. The normalized spacial score (nSPS) is 10.2. The number of nitrogens with one attached hydrogen (secondary N) is 1. The van der Waals surface area contributed by atoms with Crippen LogP contribution in [-0.4, -0.2) is 30.1 Å². The first-order chi connectivity index (χ1) is 7.72. The molecule has 0 aliphatic rings. The van der Waals surface area contributed by atoms with Crippen molar-refractivity contribution in [3.8, 4) is 0 Å². The Morgan fingerprint density at radius 1 is 1.31 bits per heavy atom. The Bertz CT molecular complexity index is 324. The van der Waals surface area contributed by atoms with Crippen LogP contribution in [0.25, 0.3) is 0 Å². The number of anilines is 2.